The molecule has 11 nitrogen and oxygen atoms in total. The number of rotatable bonds is 10. The highest BCUT2D eigenvalue weighted by atomic mass is 32.1. The fourth-order valence-corrected chi connectivity index (χ4v) is 7.12. The van der Waals surface area contributed by atoms with E-state index < -0.39 is 30.3 Å². The Balaban J connectivity index is 1.13. The summed E-state index contributed by atoms with van der Waals surface area (Å²) in [5, 5.41) is 35.1. The van der Waals surface area contributed by atoms with Crippen molar-refractivity contribution < 1.29 is 19.4 Å². The van der Waals surface area contributed by atoms with Crippen LogP contribution in [0.25, 0.3) is 20.8 Å². The summed E-state index contributed by atoms with van der Waals surface area (Å²) in [6.45, 7) is 4.25. The predicted molar refractivity (Wildman–Crippen MR) is 171 cm³/mol. The van der Waals surface area contributed by atoms with Crippen LogP contribution in [-0.4, -0.2) is 66.5 Å². The summed E-state index contributed by atoms with van der Waals surface area (Å²) in [5.74, 6) is 1.68. The number of aliphatic hydroxyl groups is 2. The first-order valence-corrected chi connectivity index (χ1v) is 16.4. The standard InChI is InChI=1S/C32H37FN8O3S/c1-15(18-5-6-18)36-31-37-16(2)24(30-40-26-23(45-30)11-12-34-25(26)19-7-8-19)29(41-31)38-21-13-22(28(43)27(21)42)39-32(44)35-14-17-3-9-20(33)10-4-17/h3-4,9-12,15,18-19,21-22,27-28,42-43H,5-8,13-14H2,1-2H3,(H2,35,39,44)(H2,36,37,38,41)/t15-,21-,22+,27+,28-/m1/s1. The summed E-state index contributed by atoms with van der Waals surface area (Å²) >= 11 is 1.56. The number of urea groups is 1. The van der Waals surface area contributed by atoms with E-state index in [0.29, 0.717) is 23.6 Å². The molecule has 3 aromatic heterocycles. The lowest BCUT2D eigenvalue weighted by molar-refractivity contribution is 0.0281. The third-order valence-electron chi connectivity index (χ3n) is 8.98. The van der Waals surface area contributed by atoms with Gasteiger partial charge >= 0.3 is 6.03 Å². The van der Waals surface area contributed by atoms with Gasteiger partial charge in [0.1, 0.15) is 34.4 Å². The number of anilines is 2. The van der Waals surface area contributed by atoms with E-state index in [0.717, 1.165) is 50.6 Å². The largest absolute Gasteiger partial charge is 0.388 e. The molecule has 3 fully saturated rings. The Morgan fingerprint density at radius 3 is 2.53 bits per heavy atom. The van der Waals surface area contributed by atoms with Crippen LogP contribution < -0.4 is 21.3 Å². The topological polar surface area (TPSA) is 157 Å². The molecule has 1 aromatic carbocycles. The van der Waals surface area contributed by atoms with Crippen LogP contribution in [0.15, 0.2) is 36.5 Å². The van der Waals surface area contributed by atoms with Crippen molar-refractivity contribution in [3.63, 3.8) is 0 Å². The zero-order valence-electron chi connectivity index (χ0n) is 25.1. The highest BCUT2D eigenvalue weighted by Crippen LogP contribution is 2.44. The number of hydrogen-bond acceptors (Lipinski definition) is 10. The minimum atomic E-state index is -1.20. The molecule has 3 aliphatic carbocycles. The quantitative estimate of drug-likeness (QED) is 0.149. The van der Waals surface area contributed by atoms with E-state index in [1.54, 1.807) is 23.5 Å². The molecule has 0 saturated heterocycles. The lowest BCUT2D eigenvalue weighted by atomic mass is 10.1. The maximum Gasteiger partial charge on any atom is 0.315 e. The maximum atomic E-state index is 13.2. The third-order valence-corrected chi connectivity index (χ3v) is 10.0. The fourth-order valence-electron chi connectivity index (χ4n) is 6.05. The number of hydrogen-bond donors (Lipinski definition) is 6. The van der Waals surface area contributed by atoms with Crippen molar-refractivity contribution in [3.05, 3.63) is 59.3 Å². The van der Waals surface area contributed by atoms with Crippen molar-refractivity contribution in [3.8, 4) is 10.6 Å². The molecular formula is C32H37FN8O3S. The molecule has 45 heavy (non-hydrogen) atoms. The molecule has 7 rings (SSSR count). The molecule has 3 saturated carbocycles. The van der Waals surface area contributed by atoms with Crippen molar-refractivity contribution in [1.82, 2.24) is 30.6 Å². The smallest absolute Gasteiger partial charge is 0.315 e. The molecule has 13 heteroatoms. The minimum absolute atomic E-state index is 0.192. The van der Waals surface area contributed by atoms with Gasteiger partial charge in [0, 0.05) is 24.7 Å². The van der Waals surface area contributed by atoms with E-state index in [1.165, 1.54) is 25.0 Å². The lowest BCUT2D eigenvalue weighted by Crippen LogP contribution is -2.47. The van der Waals surface area contributed by atoms with Gasteiger partial charge in [0.2, 0.25) is 5.95 Å². The molecule has 2 amide bonds. The Bertz CT molecular complexity index is 1710. The zero-order chi connectivity index (χ0) is 31.2. The van der Waals surface area contributed by atoms with Crippen LogP contribution in [0.2, 0.25) is 0 Å². The minimum Gasteiger partial charge on any atom is -0.388 e. The number of fused-ring (bicyclic) bond motifs is 1. The van der Waals surface area contributed by atoms with Crippen LogP contribution in [0.4, 0.5) is 21.0 Å². The van der Waals surface area contributed by atoms with Gasteiger partial charge in [-0.1, -0.05) is 12.1 Å². The van der Waals surface area contributed by atoms with Crippen molar-refractivity contribution >= 4 is 39.4 Å². The average molecular weight is 633 g/mol. The van der Waals surface area contributed by atoms with Gasteiger partial charge in [-0.25, -0.2) is 19.2 Å². The summed E-state index contributed by atoms with van der Waals surface area (Å²) in [6, 6.07) is 6.23. The van der Waals surface area contributed by atoms with Gasteiger partial charge < -0.3 is 31.5 Å². The Morgan fingerprint density at radius 2 is 1.80 bits per heavy atom. The van der Waals surface area contributed by atoms with Crippen LogP contribution in [-0.2, 0) is 6.54 Å². The molecule has 0 aliphatic heterocycles. The van der Waals surface area contributed by atoms with Crippen LogP contribution in [0.3, 0.4) is 0 Å². The first-order valence-electron chi connectivity index (χ1n) is 15.6. The number of halogens is 1. The van der Waals surface area contributed by atoms with Crippen LogP contribution >= 0.6 is 11.3 Å². The van der Waals surface area contributed by atoms with E-state index in [-0.39, 0.29) is 24.8 Å². The summed E-state index contributed by atoms with van der Waals surface area (Å²) in [6.07, 6.45) is 4.32. The van der Waals surface area contributed by atoms with E-state index in [4.69, 9.17) is 15.0 Å². The Labute approximate surface area is 264 Å². The van der Waals surface area contributed by atoms with E-state index in [9.17, 15) is 19.4 Å². The maximum absolute atomic E-state index is 13.2. The summed E-state index contributed by atoms with van der Waals surface area (Å²) in [4.78, 5) is 32.0. The lowest BCUT2D eigenvalue weighted by Gasteiger charge is -2.22. The Kier molecular flexibility index (Phi) is 8.00. The normalized spacial score (nSPS) is 23.6. The summed E-state index contributed by atoms with van der Waals surface area (Å²) < 4.78 is 14.3. The number of carbonyl (C=O) groups is 1. The first kappa shape index (κ1) is 29.8. The number of nitrogens with zero attached hydrogens (tertiary/aromatic N) is 4. The second-order valence-electron chi connectivity index (χ2n) is 12.5. The number of benzene rings is 1. The molecule has 0 radical (unpaired) electrons. The fraction of sp³-hybridized carbons (Fsp3) is 0.469. The number of pyridine rings is 1. The predicted octanol–water partition coefficient (Wildman–Crippen LogP) is 4.46. The Morgan fingerprint density at radius 1 is 1.04 bits per heavy atom. The number of aliphatic hydroxyl groups excluding tert-OH is 2. The monoisotopic (exact) mass is 632 g/mol. The number of thiazole rings is 1. The van der Waals surface area contributed by atoms with Crippen LogP contribution in [0.1, 0.15) is 61.9 Å². The molecule has 3 aliphatic rings. The number of amides is 2. The number of aromatic nitrogens is 4. The number of aryl methyl sites for hydroxylation is 1. The molecule has 3 heterocycles. The SMILES string of the molecule is Cc1nc(N[C@H](C)C2CC2)nc(N[C@@H]2C[C@H](NC(=O)NCc3ccc(F)cc3)[C@@H](O)[C@H]2O)c1-c1nc2c(C3CC3)nccc2s1. The molecular weight excluding hydrogens is 595 g/mol. The van der Waals surface area contributed by atoms with Gasteiger partial charge in [-0.05, 0) is 75.6 Å². The van der Waals surface area contributed by atoms with Crippen LogP contribution in [0.5, 0.6) is 0 Å². The zero-order valence-corrected chi connectivity index (χ0v) is 25.9. The van der Waals surface area contributed by atoms with Crippen LogP contribution in [0, 0.1) is 18.7 Å². The molecule has 236 valence electrons. The van der Waals surface area contributed by atoms with Gasteiger partial charge in [-0.2, -0.15) is 4.98 Å². The molecule has 0 spiro atoms. The third kappa shape index (κ3) is 6.42. The number of carbonyl (C=O) groups excluding carboxylic acids is 1. The van der Waals surface area contributed by atoms with Gasteiger partial charge in [0.05, 0.1) is 33.7 Å². The van der Waals surface area contributed by atoms with E-state index >= 15 is 0 Å². The Hall–Kier alpha value is -3.94. The van der Waals surface area contributed by atoms with E-state index in [2.05, 4.69) is 33.2 Å². The van der Waals surface area contributed by atoms with Crippen molar-refractivity contribution in [1.29, 1.82) is 0 Å². The van der Waals surface area contributed by atoms with Crippen molar-refractivity contribution in [2.24, 2.45) is 5.92 Å². The molecule has 0 unspecified atom stereocenters. The molecule has 4 aromatic rings. The van der Waals surface area contributed by atoms with Gasteiger partial charge in [0.25, 0.3) is 0 Å². The van der Waals surface area contributed by atoms with Crippen molar-refractivity contribution in [2.45, 2.75) is 88.7 Å². The average Bonchev–Trinajstić information content (AvgIpc) is 3.95. The second kappa shape index (κ2) is 12.1. The molecule has 5 atom stereocenters. The van der Waals surface area contributed by atoms with Gasteiger partial charge in [-0.3, -0.25) is 4.98 Å². The number of nitrogens with one attached hydrogen (secondary N) is 4. The van der Waals surface area contributed by atoms with Crippen molar-refractivity contribution in [2.75, 3.05) is 10.6 Å². The first-order chi connectivity index (χ1) is 21.7. The highest BCUT2D eigenvalue weighted by Gasteiger charge is 2.43. The molecule has 0 bridgehead atoms. The second-order valence-corrected chi connectivity index (χ2v) is 13.5. The highest BCUT2D eigenvalue weighted by molar-refractivity contribution is 7.21. The molecule has 6 N–H and O–H groups in total. The summed E-state index contributed by atoms with van der Waals surface area (Å²) in [7, 11) is 0. The van der Waals surface area contributed by atoms with E-state index in [1.807, 2.05) is 19.2 Å². The van der Waals surface area contributed by atoms with Gasteiger partial charge in [-0.15, -0.1) is 11.3 Å². The summed E-state index contributed by atoms with van der Waals surface area (Å²) in [5.41, 5.74) is 4.14. The van der Waals surface area contributed by atoms with Gasteiger partial charge in [0.15, 0.2) is 0 Å².